The zero-order valence-electron chi connectivity index (χ0n) is 6.49. The van der Waals surface area contributed by atoms with Crippen LogP contribution in [0.3, 0.4) is 0 Å². The van der Waals surface area contributed by atoms with E-state index in [4.69, 9.17) is 14.9 Å². The first-order valence-electron chi connectivity index (χ1n) is 3.21. The number of ketones is 1. The Morgan fingerprint density at radius 2 is 2.08 bits per heavy atom. The highest BCUT2D eigenvalue weighted by Crippen LogP contribution is 2.35. The van der Waals surface area contributed by atoms with Crippen LogP contribution < -0.4 is 0 Å². The van der Waals surface area contributed by atoms with Gasteiger partial charge in [0.15, 0.2) is 5.78 Å². The van der Waals surface area contributed by atoms with Crippen LogP contribution in [0.5, 0.6) is 0 Å². The van der Waals surface area contributed by atoms with Crippen LogP contribution >= 0.6 is 7.82 Å². The number of aldehydes is 1. The summed E-state index contributed by atoms with van der Waals surface area (Å²) in [6, 6.07) is 0. The molecule has 13 heavy (non-hydrogen) atoms. The molecular weight excluding hydrogens is 203 g/mol. The van der Waals surface area contributed by atoms with Crippen molar-refractivity contribution in [1.82, 2.24) is 0 Å². The Balaban J connectivity index is 3.87. The van der Waals surface area contributed by atoms with Crippen LogP contribution in [0.1, 0.15) is 6.42 Å². The highest BCUT2D eigenvalue weighted by Gasteiger charge is 2.20. The third-order valence-electron chi connectivity index (χ3n) is 1.07. The number of Topliss-reactive ketones (excluding diaryl/α,β-unsaturated/α-hetero) is 1. The number of aliphatic hydroxyl groups is 1. The number of carbonyl (C=O) groups excluding carboxylic acids is 2. The van der Waals surface area contributed by atoms with Gasteiger partial charge >= 0.3 is 7.82 Å². The van der Waals surface area contributed by atoms with Crippen molar-refractivity contribution in [3.05, 3.63) is 0 Å². The largest absolute Gasteiger partial charge is 0.470 e. The highest BCUT2D eigenvalue weighted by molar-refractivity contribution is 7.46. The van der Waals surface area contributed by atoms with E-state index in [1.54, 1.807) is 0 Å². The monoisotopic (exact) mass is 212 g/mol. The van der Waals surface area contributed by atoms with Crippen molar-refractivity contribution >= 4 is 19.9 Å². The Hall–Kier alpha value is -0.590. The van der Waals surface area contributed by atoms with Crippen LogP contribution in [-0.4, -0.2) is 39.7 Å². The lowest BCUT2D eigenvalue weighted by Gasteiger charge is -2.06. The van der Waals surface area contributed by atoms with Crippen LogP contribution in [0.25, 0.3) is 0 Å². The van der Waals surface area contributed by atoms with Crippen molar-refractivity contribution in [2.24, 2.45) is 0 Å². The molecule has 0 heterocycles. The lowest BCUT2D eigenvalue weighted by molar-refractivity contribution is -0.131. The van der Waals surface area contributed by atoms with Gasteiger partial charge in [-0.15, -0.1) is 0 Å². The van der Waals surface area contributed by atoms with Gasteiger partial charge in [0, 0.05) is 6.42 Å². The summed E-state index contributed by atoms with van der Waals surface area (Å²) in [5.74, 6) is -0.949. The van der Waals surface area contributed by atoms with Gasteiger partial charge in [0.1, 0.15) is 19.0 Å². The van der Waals surface area contributed by atoms with Crippen molar-refractivity contribution in [1.29, 1.82) is 0 Å². The van der Waals surface area contributed by atoms with Crippen molar-refractivity contribution in [2.75, 3.05) is 6.61 Å². The van der Waals surface area contributed by atoms with E-state index in [1.807, 2.05) is 0 Å². The predicted octanol–water partition coefficient (Wildman–Crippen LogP) is -1.39. The molecule has 7 nitrogen and oxygen atoms in total. The molecule has 0 aromatic rings. The number of hydrogen-bond donors (Lipinski definition) is 3. The van der Waals surface area contributed by atoms with Crippen molar-refractivity contribution in [2.45, 2.75) is 12.5 Å². The number of phosphoric ester groups is 1. The van der Waals surface area contributed by atoms with E-state index in [1.165, 1.54) is 0 Å². The molecule has 8 heteroatoms. The first-order valence-corrected chi connectivity index (χ1v) is 4.74. The smallest absolute Gasteiger partial charge is 0.385 e. The molecule has 0 bridgehead atoms. The number of phosphoric acid groups is 1. The molecule has 3 N–H and O–H groups in total. The van der Waals surface area contributed by atoms with Gasteiger partial charge in [-0.05, 0) is 0 Å². The van der Waals surface area contributed by atoms with Gasteiger partial charge < -0.3 is 19.7 Å². The van der Waals surface area contributed by atoms with Crippen LogP contribution in [0.4, 0.5) is 0 Å². The quantitative estimate of drug-likeness (QED) is 0.366. The molecular formula is C5H9O7P. The maximum Gasteiger partial charge on any atom is 0.470 e. The second-order valence-electron chi connectivity index (χ2n) is 2.15. The summed E-state index contributed by atoms with van der Waals surface area (Å²) in [5.41, 5.74) is 0. The molecule has 0 aliphatic rings. The zero-order valence-corrected chi connectivity index (χ0v) is 7.39. The number of rotatable bonds is 6. The minimum atomic E-state index is -4.70. The minimum absolute atomic E-state index is 0.319. The summed E-state index contributed by atoms with van der Waals surface area (Å²) in [6.07, 6.45) is -1.66. The molecule has 0 fully saturated rings. The maximum absolute atomic E-state index is 10.7. The number of hydrogen-bond acceptors (Lipinski definition) is 5. The van der Waals surface area contributed by atoms with E-state index in [2.05, 4.69) is 4.52 Å². The van der Waals surface area contributed by atoms with Gasteiger partial charge in [0.05, 0.1) is 0 Å². The summed E-state index contributed by atoms with van der Waals surface area (Å²) >= 11 is 0. The first kappa shape index (κ1) is 12.4. The fourth-order valence-electron chi connectivity index (χ4n) is 0.466. The topological polar surface area (TPSA) is 121 Å². The molecule has 0 aromatic heterocycles. The summed E-state index contributed by atoms with van der Waals surface area (Å²) in [5, 5.41) is 8.80. The van der Waals surface area contributed by atoms with Gasteiger partial charge in [-0.3, -0.25) is 9.32 Å². The Bertz CT molecular complexity index is 231. The lowest BCUT2D eigenvalue weighted by Crippen LogP contribution is -2.24. The van der Waals surface area contributed by atoms with Gasteiger partial charge in [-0.2, -0.15) is 0 Å². The molecule has 1 unspecified atom stereocenters. The standard InChI is InChI=1S/C5H9O7P/c6-2-1-4(7)5(8)3-12-13(9,10)11/h2,4,7H,1,3H2,(H2,9,10,11). The average Bonchev–Trinajstić information content (AvgIpc) is 1.99. The second-order valence-corrected chi connectivity index (χ2v) is 3.39. The molecule has 0 spiro atoms. The molecule has 0 aliphatic heterocycles. The van der Waals surface area contributed by atoms with Crippen molar-refractivity contribution in [3.8, 4) is 0 Å². The third-order valence-corrected chi connectivity index (χ3v) is 1.53. The second kappa shape index (κ2) is 5.21. The summed E-state index contributed by atoms with van der Waals surface area (Å²) in [6.45, 7) is -0.917. The molecule has 0 radical (unpaired) electrons. The van der Waals surface area contributed by atoms with Gasteiger partial charge in [-0.1, -0.05) is 0 Å². The predicted molar refractivity (Wildman–Crippen MR) is 39.7 cm³/mol. The van der Waals surface area contributed by atoms with Crippen LogP contribution in [0.15, 0.2) is 0 Å². The Kier molecular flexibility index (Phi) is 4.97. The van der Waals surface area contributed by atoms with Gasteiger partial charge in [0.2, 0.25) is 0 Å². The third kappa shape index (κ3) is 6.56. The van der Waals surface area contributed by atoms with Crippen molar-refractivity contribution in [3.63, 3.8) is 0 Å². The van der Waals surface area contributed by atoms with Gasteiger partial charge in [0.25, 0.3) is 0 Å². The number of aliphatic hydroxyl groups excluding tert-OH is 1. The van der Waals surface area contributed by atoms with Crippen molar-refractivity contribution < 1.29 is 33.6 Å². The Labute approximate surface area is 73.6 Å². The van der Waals surface area contributed by atoms with E-state index < -0.39 is 32.7 Å². The first-order chi connectivity index (χ1) is 5.87. The molecule has 1 atom stereocenters. The average molecular weight is 212 g/mol. The lowest BCUT2D eigenvalue weighted by atomic mass is 10.2. The maximum atomic E-state index is 10.7. The normalized spacial score (nSPS) is 13.8. The summed E-state index contributed by atoms with van der Waals surface area (Å²) in [7, 11) is -4.70. The Morgan fingerprint density at radius 3 is 2.46 bits per heavy atom. The molecule has 0 rings (SSSR count). The summed E-state index contributed by atoms with van der Waals surface area (Å²) < 4.78 is 13.9. The van der Waals surface area contributed by atoms with Crippen LogP contribution in [-0.2, 0) is 18.7 Å². The van der Waals surface area contributed by atoms with Crippen LogP contribution in [0.2, 0.25) is 0 Å². The van der Waals surface area contributed by atoms with E-state index in [9.17, 15) is 14.2 Å². The molecule has 76 valence electrons. The highest BCUT2D eigenvalue weighted by atomic mass is 31.2. The van der Waals surface area contributed by atoms with E-state index in [-0.39, 0.29) is 0 Å². The van der Waals surface area contributed by atoms with Crippen LogP contribution in [0, 0.1) is 0 Å². The number of carbonyl (C=O) groups is 2. The molecule has 0 saturated carbocycles. The SMILES string of the molecule is O=CCC(O)C(=O)COP(=O)(O)O. The Morgan fingerprint density at radius 1 is 1.54 bits per heavy atom. The zero-order chi connectivity index (χ0) is 10.5. The fourth-order valence-corrected chi connectivity index (χ4v) is 0.762. The summed E-state index contributed by atoms with van der Waals surface area (Å²) in [4.78, 5) is 36.8. The van der Waals surface area contributed by atoms with E-state index in [0.717, 1.165) is 0 Å². The molecule has 0 saturated heterocycles. The van der Waals surface area contributed by atoms with E-state index >= 15 is 0 Å². The fraction of sp³-hybridized carbons (Fsp3) is 0.600. The van der Waals surface area contributed by atoms with E-state index in [0.29, 0.717) is 6.29 Å². The molecule has 0 amide bonds. The molecule has 0 aromatic carbocycles. The minimum Gasteiger partial charge on any atom is -0.385 e. The molecule has 0 aliphatic carbocycles. The van der Waals surface area contributed by atoms with Gasteiger partial charge in [-0.25, -0.2) is 4.57 Å².